The maximum absolute atomic E-state index is 11.1. The van der Waals surface area contributed by atoms with Crippen molar-refractivity contribution < 1.29 is 18.3 Å². The first kappa shape index (κ1) is 16.5. The molecule has 20 heavy (non-hydrogen) atoms. The summed E-state index contributed by atoms with van der Waals surface area (Å²) in [6, 6.07) is 5.90. The lowest BCUT2D eigenvalue weighted by atomic mass is 9.97. The largest absolute Gasteiger partial charge is 0.481 e. The number of carboxylic acid groups (broad SMARTS) is 1. The van der Waals surface area contributed by atoms with E-state index in [1.165, 1.54) is 12.1 Å². The van der Waals surface area contributed by atoms with Crippen LogP contribution in [0.15, 0.2) is 29.2 Å². The van der Waals surface area contributed by atoms with Gasteiger partial charge in [0.05, 0.1) is 10.8 Å². The van der Waals surface area contributed by atoms with Gasteiger partial charge in [-0.15, -0.1) is 0 Å². The van der Waals surface area contributed by atoms with Gasteiger partial charge in [-0.1, -0.05) is 13.8 Å². The highest BCUT2D eigenvalue weighted by molar-refractivity contribution is 7.89. The number of nitrogens with two attached hydrogens (primary N) is 1. The highest BCUT2D eigenvalue weighted by Crippen LogP contribution is 2.16. The van der Waals surface area contributed by atoms with Gasteiger partial charge in [-0.05, 0) is 36.6 Å². The number of hydrogen-bond acceptors (Lipinski definition) is 4. The number of anilines is 1. The molecule has 0 saturated carbocycles. The van der Waals surface area contributed by atoms with E-state index >= 15 is 0 Å². The summed E-state index contributed by atoms with van der Waals surface area (Å²) in [4.78, 5) is 11.1. The molecule has 0 heterocycles. The first-order valence-corrected chi connectivity index (χ1v) is 7.84. The number of benzene rings is 1. The molecule has 0 saturated heterocycles. The number of hydrogen-bond donors (Lipinski definition) is 3. The van der Waals surface area contributed by atoms with Crippen molar-refractivity contribution in [1.29, 1.82) is 0 Å². The fourth-order valence-electron chi connectivity index (χ4n) is 1.84. The van der Waals surface area contributed by atoms with E-state index in [1.807, 2.05) is 13.8 Å². The second-order valence-electron chi connectivity index (χ2n) is 5.11. The van der Waals surface area contributed by atoms with E-state index in [0.717, 1.165) is 0 Å². The van der Waals surface area contributed by atoms with Crippen molar-refractivity contribution in [1.82, 2.24) is 0 Å². The molecule has 1 unspecified atom stereocenters. The maximum Gasteiger partial charge on any atom is 0.308 e. The van der Waals surface area contributed by atoms with Crippen molar-refractivity contribution in [3.05, 3.63) is 24.3 Å². The zero-order valence-corrected chi connectivity index (χ0v) is 12.4. The number of nitrogens with one attached hydrogen (secondary N) is 1. The summed E-state index contributed by atoms with van der Waals surface area (Å²) in [5, 5.41) is 17.1. The van der Waals surface area contributed by atoms with Crippen LogP contribution in [0.2, 0.25) is 0 Å². The van der Waals surface area contributed by atoms with E-state index in [0.29, 0.717) is 24.6 Å². The quantitative estimate of drug-likeness (QED) is 0.707. The van der Waals surface area contributed by atoms with Gasteiger partial charge in [-0.3, -0.25) is 4.79 Å². The molecule has 0 aliphatic rings. The van der Waals surface area contributed by atoms with E-state index in [9.17, 15) is 13.2 Å². The minimum atomic E-state index is -3.70. The van der Waals surface area contributed by atoms with Crippen LogP contribution in [0.4, 0.5) is 5.69 Å². The molecule has 1 rings (SSSR count). The summed E-state index contributed by atoms with van der Waals surface area (Å²) in [5.74, 6) is -1.03. The average molecular weight is 300 g/mol. The molecule has 0 radical (unpaired) electrons. The van der Waals surface area contributed by atoms with Crippen molar-refractivity contribution >= 4 is 21.7 Å². The second kappa shape index (κ2) is 6.71. The van der Waals surface area contributed by atoms with Crippen LogP contribution in [0.1, 0.15) is 20.3 Å². The van der Waals surface area contributed by atoms with Gasteiger partial charge in [-0.2, -0.15) is 0 Å². The van der Waals surface area contributed by atoms with Gasteiger partial charge in [0, 0.05) is 12.2 Å². The van der Waals surface area contributed by atoms with E-state index in [4.69, 9.17) is 10.2 Å². The van der Waals surface area contributed by atoms with Gasteiger partial charge >= 0.3 is 5.97 Å². The van der Waals surface area contributed by atoms with Gasteiger partial charge in [0.25, 0.3) is 0 Å². The van der Waals surface area contributed by atoms with E-state index in [1.54, 1.807) is 12.1 Å². The molecule has 0 aromatic heterocycles. The molecule has 1 aromatic rings. The molecule has 0 fully saturated rings. The molecular weight excluding hydrogens is 280 g/mol. The molecule has 0 aliphatic heterocycles. The number of sulfonamides is 1. The molecule has 112 valence electrons. The highest BCUT2D eigenvalue weighted by Gasteiger charge is 2.18. The molecule has 1 aromatic carbocycles. The summed E-state index contributed by atoms with van der Waals surface area (Å²) in [7, 11) is -3.70. The summed E-state index contributed by atoms with van der Waals surface area (Å²) >= 11 is 0. The molecule has 6 nitrogen and oxygen atoms in total. The number of carbonyl (C=O) groups is 1. The first-order valence-electron chi connectivity index (χ1n) is 6.29. The van der Waals surface area contributed by atoms with Crippen LogP contribution in [-0.4, -0.2) is 26.0 Å². The molecule has 7 heteroatoms. The summed E-state index contributed by atoms with van der Waals surface area (Å²) in [6.45, 7) is 4.23. The minimum absolute atomic E-state index is 0.0278. The van der Waals surface area contributed by atoms with Gasteiger partial charge in [-0.25, -0.2) is 13.6 Å². The van der Waals surface area contributed by atoms with Gasteiger partial charge in [0.1, 0.15) is 0 Å². The van der Waals surface area contributed by atoms with Gasteiger partial charge in [0.2, 0.25) is 10.0 Å². The Labute approximate surface area is 119 Å². The minimum Gasteiger partial charge on any atom is -0.481 e. The Kier molecular flexibility index (Phi) is 5.52. The third kappa shape index (κ3) is 5.18. The monoisotopic (exact) mass is 300 g/mol. The predicted octanol–water partition coefficient (Wildman–Crippen LogP) is 1.49. The van der Waals surface area contributed by atoms with Crippen molar-refractivity contribution in [2.45, 2.75) is 25.2 Å². The molecule has 0 aliphatic carbocycles. The lowest BCUT2D eigenvalue weighted by molar-refractivity contribution is -0.141. The van der Waals surface area contributed by atoms with Crippen LogP contribution >= 0.6 is 0 Å². The predicted molar refractivity (Wildman–Crippen MR) is 76.9 cm³/mol. The Morgan fingerprint density at radius 2 is 1.85 bits per heavy atom. The highest BCUT2D eigenvalue weighted by atomic mass is 32.2. The fraction of sp³-hybridized carbons (Fsp3) is 0.462. The van der Waals surface area contributed by atoms with Crippen molar-refractivity contribution in [2.24, 2.45) is 17.0 Å². The average Bonchev–Trinajstić information content (AvgIpc) is 2.33. The molecule has 0 bridgehead atoms. The third-order valence-corrected chi connectivity index (χ3v) is 3.77. The smallest absolute Gasteiger partial charge is 0.308 e. The maximum atomic E-state index is 11.1. The molecule has 0 amide bonds. The van der Waals surface area contributed by atoms with Crippen molar-refractivity contribution in [2.75, 3.05) is 11.9 Å². The molecule has 1 atom stereocenters. The number of rotatable bonds is 7. The lowest BCUT2D eigenvalue weighted by Crippen LogP contribution is -2.24. The topological polar surface area (TPSA) is 109 Å². The third-order valence-electron chi connectivity index (χ3n) is 2.84. The zero-order chi connectivity index (χ0) is 15.3. The Balaban J connectivity index is 2.67. The van der Waals surface area contributed by atoms with Crippen molar-refractivity contribution in [3.8, 4) is 0 Å². The number of aliphatic carboxylic acids is 1. The second-order valence-corrected chi connectivity index (χ2v) is 6.68. The molecule has 0 spiro atoms. The Morgan fingerprint density at radius 1 is 1.30 bits per heavy atom. The van der Waals surface area contributed by atoms with Crippen molar-refractivity contribution in [3.63, 3.8) is 0 Å². The Morgan fingerprint density at radius 3 is 2.25 bits per heavy atom. The number of carboxylic acids is 1. The Bertz CT molecular complexity index is 552. The van der Waals surface area contributed by atoms with Crippen LogP contribution in [0.25, 0.3) is 0 Å². The van der Waals surface area contributed by atoms with Crippen LogP contribution in [0, 0.1) is 11.8 Å². The van der Waals surface area contributed by atoms with E-state index < -0.39 is 21.9 Å². The summed E-state index contributed by atoms with van der Waals surface area (Å²) in [6.07, 6.45) is 0.581. The Hall–Kier alpha value is -1.60. The van der Waals surface area contributed by atoms with E-state index in [2.05, 4.69) is 5.32 Å². The lowest BCUT2D eigenvalue weighted by Gasteiger charge is -2.16. The number of primary sulfonamides is 1. The fourth-order valence-corrected chi connectivity index (χ4v) is 2.36. The molecular formula is C13H20N2O4S. The standard InChI is InChI=1S/C13H20N2O4S/c1-9(2)7-10(13(16)17)8-15-11-3-5-12(6-4-11)20(14,18)19/h3-6,9-10,15H,7-8H2,1-2H3,(H,16,17)(H2,14,18,19). The van der Waals surface area contributed by atoms with Crippen LogP contribution in [0.3, 0.4) is 0 Å². The first-order chi connectivity index (χ1) is 9.20. The zero-order valence-electron chi connectivity index (χ0n) is 11.5. The summed E-state index contributed by atoms with van der Waals surface area (Å²) in [5.41, 5.74) is 0.660. The normalized spacial score (nSPS) is 13.2. The van der Waals surface area contributed by atoms with Gasteiger partial charge < -0.3 is 10.4 Å². The van der Waals surface area contributed by atoms with Crippen LogP contribution in [-0.2, 0) is 14.8 Å². The summed E-state index contributed by atoms with van der Waals surface area (Å²) < 4.78 is 22.2. The van der Waals surface area contributed by atoms with Crippen LogP contribution < -0.4 is 10.5 Å². The van der Waals surface area contributed by atoms with Gasteiger partial charge in [0.15, 0.2) is 0 Å². The van der Waals surface area contributed by atoms with Crippen LogP contribution in [0.5, 0.6) is 0 Å². The SMILES string of the molecule is CC(C)CC(CNc1ccc(S(N)(=O)=O)cc1)C(=O)O. The molecule has 4 N–H and O–H groups in total. The van der Waals surface area contributed by atoms with E-state index in [-0.39, 0.29) is 4.90 Å².